The van der Waals surface area contributed by atoms with Crippen molar-refractivity contribution in [1.29, 1.82) is 0 Å². The smallest absolute Gasteiger partial charge is 0.253 e. The molecule has 0 aliphatic carbocycles. The van der Waals surface area contributed by atoms with Gasteiger partial charge < -0.3 is 16.0 Å². The van der Waals surface area contributed by atoms with Gasteiger partial charge in [0.2, 0.25) is 0 Å². The third-order valence-corrected chi connectivity index (χ3v) is 5.77. The molecule has 1 aliphatic heterocycles. The van der Waals surface area contributed by atoms with E-state index in [2.05, 4.69) is 34.6 Å². The largest absolute Gasteiger partial charge is 0.381 e. The molecule has 1 saturated heterocycles. The summed E-state index contributed by atoms with van der Waals surface area (Å²) in [5.74, 6) is 0.599. The zero-order valence-electron chi connectivity index (χ0n) is 17.1. The molecule has 1 aromatic heterocycles. The van der Waals surface area contributed by atoms with Crippen molar-refractivity contribution in [3.05, 3.63) is 95.3 Å². The van der Waals surface area contributed by atoms with Crippen molar-refractivity contribution in [2.24, 2.45) is 5.73 Å². The molecule has 1 aliphatic rings. The number of nitrogens with zero attached hydrogens (tertiary/aromatic N) is 2. The molecule has 5 nitrogen and oxygen atoms in total. The van der Waals surface area contributed by atoms with Gasteiger partial charge >= 0.3 is 0 Å². The number of likely N-dealkylation sites (tertiary alicyclic amines) is 1. The lowest BCUT2D eigenvalue weighted by Gasteiger charge is -2.32. The maximum absolute atomic E-state index is 13.0. The Hall–Kier alpha value is -3.18. The van der Waals surface area contributed by atoms with Crippen molar-refractivity contribution >= 4 is 11.6 Å². The third-order valence-electron chi connectivity index (χ3n) is 5.77. The van der Waals surface area contributed by atoms with Crippen LogP contribution >= 0.6 is 0 Å². The van der Waals surface area contributed by atoms with Gasteiger partial charge in [0.15, 0.2) is 0 Å². The Kier molecular flexibility index (Phi) is 6.40. The molecule has 0 saturated carbocycles. The Morgan fingerprint density at radius 1 is 1.03 bits per heavy atom. The van der Waals surface area contributed by atoms with E-state index in [1.807, 2.05) is 47.5 Å². The molecule has 4 rings (SSSR count). The highest BCUT2D eigenvalue weighted by Gasteiger charge is 2.24. The zero-order chi connectivity index (χ0) is 20.8. The molecule has 30 heavy (non-hydrogen) atoms. The highest BCUT2D eigenvalue weighted by atomic mass is 16.2. The summed E-state index contributed by atoms with van der Waals surface area (Å²) in [5.41, 5.74) is 11.1. The summed E-state index contributed by atoms with van der Waals surface area (Å²) in [6.45, 7) is 2.81. The number of benzene rings is 2. The first-order chi connectivity index (χ1) is 14.7. The number of pyridine rings is 1. The topological polar surface area (TPSA) is 71.2 Å². The Bertz CT molecular complexity index is 981. The van der Waals surface area contributed by atoms with Gasteiger partial charge in [-0.1, -0.05) is 36.4 Å². The number of piperidine rings is 1. The Labute approximate surface area is 177 Å². The van der Waals surface area contributed by atoms with E-state index >= 15 is 0 Å². The summed E-state index contributed by atoms with van der Waals surface area (Å²) < 4.78 is 0. The highest BCUT2D eigenvalue weighted by molar-refractivity contribution is 5.95. The van der Waals surface area contributed by atoms with Gasteiger partial charge in [0.25, 0.3) is 5.91 Å². The quantitative estimate of drug-likeness (QED) is 0.651. The number of aromatic nitrogens is 1. The fraction of sp³-hybridized carbons (Fsp3) is 0.280. The molecular weight excluding hydrogens is 372 g/mol. The predicted molar refractivity (Wildman–Crippen MR) is 120 cm³/mol. The molecule has 0 unspecified atom stereocenters. The van der Waals surface area contributed by atoms with E-state index in [0.717, 1.165) is 42.7 Å². The first kappa shape index (κ1) is 20.1. The van der Waals surface area contributed by atoms with Gasteiger partial charge in [0.05, 0.1) is 0 Å². The van der Waals surface area contributed by atoms with E-state index in [0.29, 0.717) is 19.0 Å². The van der Waals surface area contributed by atoms with Crippen LogP contribution in [0.25, 0.3) is 0 Å². The minimum atomic E-state index is 0.106. The number of nitrogens with one attached hydrogen (secondary N) is 1. The first-order valence-electron chi connectivity index (χ1n) is 10.5. The van der Waals surface area contributed by atoms with Gasteiger partial charge in [-0.3, -0.25) is 9.78 Å². The zero-order valence-corrected chi connectivity index (χ0v) is 17.1. The minimum absolute atomic E-state index is 0.106. The maximum Gasteiger partial charge on any atom is 0.253 e. The molecule has 0 atom stereocenters. The predicted octanol–water partition coefficient (Wildman–Crippen LogP) is 4.17. The molecule has 3 N–H and O–H groups in total. The number of hydrogen-bond donors (Lipinski definition) is 2. The summed E-state index contributed by atoms with van der Waals surface area (Å²) >= 11 is 0. The summed E-state index contributed by atoms with van der Waals surface area (Å²) in [4.78, 5) is 19.2. The molecule has 2 aromatic carbocycles. The molecule has 3 aromatic rings. The van der Waals surface area contributed by atoms with E-state index in [4.69, 9.17) is 5.73 Å². The minimum Gasteiger partial charge on any atom is -0.381 e. The van der Waals surface area contributed by atoms with Crippen LogP contribution in [-0.2, 0) is 13.1 Å². The third kappa shape index (κ3) is 4.86. The van der Waals surface area contributed by atoms with Crippen molar-refractivity contribution < 1.29 is 4.79 Å². The van der Waals surface area contributed by atoms with Crippen LogP contribution in [0.4, 0.5) is 5.69 Å². The number of rotatable bonds is 6. The SMILES string of the molecule is NCc1cccc(C2CCN(C(=O)c3cccc(NCc4cccnc4)c3)CC2)c1. The van der Waals surface area contributed by atoms with Gasteiger partial charge in [-0.05, 0) is 59.7 Å². The van der Waals surface area contributed by atoms with Crippen LogP contribution in [0.3, 0.4) is 0 Å². The molecule has 5 heteroatoms. The van der Waals surface area contributed by atoms with Gasteiger partial charge in [-0.15, -0.1) is 0 Å². The average Bonchev–Trinajstić information content (AvgIpc) is 2.83. The lowest BCUT2D eigenvalue weighted by atomic mass is 9.88. The summed E-state index contributed by atoms with van der Waals surface area (Å²) in [6.07, 6.45) is 5.58. The molecular formula is C25H28N4O. The Morgan fingerprint density at radius 2 is 1.83 bits per heavy atom. The molecule has 1 amide bonds. The monoisotopic (exact) mass is 400 g/mol. The molecule has 2 heterocycles. The van der Waals surface area contributed by atoms with E-state index in [-0.39, 0.29) is 5.91 Å². The second kappa shape index (κ2) is 9.55. The normalized spacial score (nSPS) is 14.5. The van der Waals surface area contributed by atoms with Crippen molar-refractivity contribution in [1.82, 2.24) is 9.88 Å². The Balaban J connectivity index is 1.36. The number of nitrogens with two attached hydrogens (primary N) is 1. The van der Waals surface area contributed by atoms with E-state index in [9.17, 15) is 4.79 Å². The van der Waals surface area contributed by atoms with E-state index < -0.39 is 0 Å². The number of carbonyl (C=O) groups is 1. The van der Waals surface area contributed by atoms with Gasteiger partial charge in [-0.25, -0.2) is 0 Å². The number of anilines is 1. The number of amides is 1. The van der Waals surface area contributed by atoms with E-state index in [1.54, 1.807) is 6.20 Å². The second-order valence-electron chi connectivity index (χ2n) is 7.81. The summed E-state index contributed by atoms with van der Waals surface area (Å²) in [7, 11) is 0. The van der Waals surface area contributed by atoms with Crippen molar-refractivity contribution in [2.75, 3.05) is 18.4 Å². The molecule has 0 bridgehead atoms. The van der Waals surface area contributed by atoms with Crippen LogP contribution in [0.5, 0.6) is 0 Å². The Morgan fingerprint density at radius 3 is 2.60 bits per heavy atom. The fourth-order valence-electron chi connectivity index (χ4n) is 4.04. The lowest BCUT2D eigenvalue weighted by molar-refractivity contribution is 0.0713. The van der Waals surface area contributed by atoms with E-state index in [1.165, 1.54) is 11.1 Å². The number of hydrogen-bond acceptors (Lipinski definition) is 4. The highest BCUT2D eigenvalue weighted by Crippen LogP contribution is 2.29. The van der Waals surface area contributed by atoms with Crippen LogP contribution in [-0.4, -0.2) is 28.9 Å². The summed E-state index contributed by atoms with van der Waals surface area (Å²) in [6, 6.07) is 20.3. The van der Waals surface area contributed by atoms with Crippen LogP contribution in [0.1, 0.15) is 45.8 Å². The first-order valence-corrected chi connectivity index (χ1v) is 10.5. The fourth-order valence-corrected chi connectivity index (χ4v) is 4.04. The van der Waals surface area contributed by atoms with Gasteiger partial charge in [0, 0.05) is 49.8 Å². The van der Waals surface area contributed by atoms with Crippen LogP contribution < -0.4 is 11.1 Å². The van der Waals surface area contributed by atoms with Gasteiger partial charge in [0.1, 0.15) is 0 Å². The number of carbonyl (C=O) groups excluding carboxylic acids is 1. The van der Waals surface area contributed by atoms with Crippen LogP contribution in [0, 0.1) is 0 Å². The standard InChI is InChI=1S/C25H28N4O/c26-16-19-4-1-6-22(14-19)21-9-12-29(13-10-21)25(30)23-7-2-8-24(15-23)28-18-20-5-3-11-27-17-20/h1-8,11,14-15,17,21,28H,9-10,12-13,16,18,26H2. The second-order valence-corrected chi connectivity index (χ2v) is 7.81. The summed E-state index contributed by atoms with van der Waals surface area (Å²) in [5, 5.41) is 3.38. The van der Waals surface area contributed by atoms with Crippen molar-refractivity contribution in [2.45, 2.75) is 31.8 Å². The lowest BCUT2D eigenvalue weighted by Crippen LogP contribution is -2.37. The van der Waals surface area contributed by atoms with Gasteiger partial charge in [-0.2, -0.15) is 0 Å². The van der Waals surface area contributed by atoms with Crippen molar-refractivity contribution in [3.8, 4) is 0 Å². The molecule has 154 valence electrons. The molecule has 0 spiro atoms. The molecule has 1 fully saturated rings. The maximum atomic E-state index is 13.0. The van der Waals surface area contributed by atoms with Crippen LogP contribution in [0.2, 0.25) is 0 Å². The average molecular weight is 401 g/mol. The van der Waals surface area contributed by atoms with Crippen molar-refractivity contribution in [3.63, 3.8) is 0 Å². The van der Waals surface area contributed by atoms with Crippen LogP contribution in [0.15, 0.2) is 73.1 Å². The molecule has 0 radical (unpaired) electrons.